The molecule has 0 spiro atoms. The third-order valence-electron chi connectivity index (χ3n) is 4.17. The van der Waals surface area contributed by atoms with Crippen LogP contribution in [0.5, 0.6) is 17.2 Å². The van der Waals surface area contributed by atoms with E-state index in [-0.39, 0.29) is 18.2 Å². The quantitative estimate of drug-likeness (QED) is 0.533. The molecule has 0 saturated carbocycles. The Bertz CT molecular complexity index is 922. The van der Waals surface area contributed by atoms with Crippen molar-refractivity contribution in [1.82, 2.24) is 5.43 Å². The highest BCUT2D eigenvalue weighted by Gasteiger charge is 2.28. The van der Waals surface area contributed by atoms with E-state index >= 15 is 0 Å². The van der Waals surface area contributed by atoms with E-state index in [0.717, 1.165) is 10.6 Å². The van der Waals surface area contributed by atoms with Gasteiger partial charge in [-0.1, -0.05) is 12.1 Å². The lowest BCUT2D eigenvalue weighted by atomic mass is 10.2. The summed E-state index contributed by atoms with van der Waals surface area (Å²) in [6.45, 7) is 0. The van der Waals surface area contributed by atoms with Gasteiger partial charge < -0.3 is 19.5 Å². The van der Waals surface area contributed by atoms with Crippen molar-refractivity contribution in [3.8, 4) is 17.2 Å². The molecule has 9 heteroatoms. The number of nitrogens with zero attached hydrogens (tertiary/aromatic N) is 1. The van der Waals surface area contributed by atoms with E-state index in [4.69, 9.17) is 14.2 Å². The molecule has 2 amide bonds. The lowest BCUT2D eigenvalue weighted by molar-refractivity contribution is -0.124. The first-order valence-electron chi connectivity index (χ1n) is 8.74. The van der Waals surface area contributed by atoms with Crippen molar-refractivity contribution < 1.29 is 23.8 Å². The predicted molar refractivity (Wildman–Crippen MR) is 111 cm³/mol. The average Bonchev–Trinajstić information content (AvgIpc) is 2.73. The number of methoxy groups -OCH3 is 3. The Labute approximate surface area is 172 Å². The van der Waals surface area contributed by atoms with Crippen LogP contribution in [0.2, 0.25) is 0 Å². The number of carbonyl (C=O) groups excluding carboxylic acids is 2. The zero-order valence-corrected chi connectivity index (χ0v) is 17.0. The van der Waals surface area contributed by atoms with Crippen LogP contribution >= 0.6 is 11.8 Å². The van der Waals surface area contributed by atoms with Crippen LogP contribution in [0.1, 0.15) is 12.0 Å². The number of para-hydroxylation sites is 1. The summed E-state index contributed by atoms with van der Waals surface area (Å²) in [5, 5.41) is 6.27. The number of rotatable bonds is 7. The van der Waals surface area contributed by atoms with Gasteiger partial charge in [0.25, 0.3) is 0 Å². The maximum absolute atomic E-state index is 12.2. The second kappa shape index (κ2) is 9.33. The summed E-state index contributed by atoms with van der Waals surface area (Å²) in [6.07, 6.45) is 1.48. The van der Waals surface area contributed by atoms with Crippen molar-refractivity contribution in [2.45, 2.75) is 16.6 Å². The summed E-state index contributed by atoms with van der Waals surface area (Å²) in [7, 11) is 4.56. The van der Waals surface area contributed by atoms with Gasteiger partial charge in [0, 0.05) is 16.9 Å². The zero-order valence-electron chi connectivity index (χ0n) is 16.2. The number of nitrogens with one attached hydrogen (secondary N) is 2. The molecule has 0 aromatic heterocycles. The van der Waals surface area contributed by atoms with E-state index < -0.39 is 5.25 Å². The van der Waals surface area contributed by atoms with Crippen molar-refractivity contribution in [1.29, 1.82) is 0 Å². The van der Waals surface area contributed by atoms with Gasteiger partial charge in [0.05, 0.1) is 38.5 Å². The number of benzene rings is 2. The molecule has 0 bridgehead atoms. The summed E-state index contributed by atoms with van der Waals surface area (Å²) in [5.74, 6) is 0.872. The van der Waals surface area contributed by atoms with Crippen molar-refractivity contribution in [3.63, 3.8) is 0 Å². The predicted octanol–water partition coefficient (Wildman–Crippen LogP) is 2.67. The molecule has 1 heterocycles. The van der Waals surface area contributed by atoms with Crippen molar-refractivity contribution >= 4 is 35.5 Å². The Morgan fingerprint density at radius 2 is 1.86 bits per heavy atom. The van der Waals surface area contributed by atoms with Gasteiger partial charge in [-0.3, -0.25) is 9.59 Å². The number of hydrogen-bond donors (Lipinski definition) is 2. The van der Waals surface area contributed by atoms with Crippen LogP contribution in [0.15, 0.2) is 46.4 Å². The smallest absolute Gasteiger partial charge is 0.241 e. The standard InChI is InChI=1S/C20H21N3O5S/c1-26-14-8-12(9-15(27-2)19(14)28-3)11-21-23-18(24)10-17-20(25)22-13-6-4-5-7-16(13)29-17/h4-9,11,17H,10H2,1-3H3,(H,22,25)(H,23,24)/b21-11-. The molecule has 0 aliphatic carbocycles. The molecule has 3 rings (SSSR count). The average molecular weight is 415 g/mol. The molecule has 152 valence electrons. The molecule has 1 atom stereocenters. The Balaban J connectivity index is 1.62. The van der Waals surface area contributed by atoms with Crippen LogP contribution in [-0.4, -0.2) is 44.6 Å². The molecular weight excluding hydrogens is 394 g/mol. The Kier molecular flexibility index (Phi) is 6.61. The third-order valence-corrected chi connectivity index (χ3v) is 5.44. The molecule has 8 nitrogen and oxygen atoms in total. The van der Waals surface area contributed by atoms with Crippen LogP contribution in [0.25, 0.3) is 0 Å². The first-order chi connectivity index (χ1) is 14.0. The van der Waals surface area contributed by atoms with Crippen LogP contribution in [0.4, 0.5) is 5.69 Å². The number of carbonyl (C=O) groups is 2. The number of ether oxygens (including phenoxy) is 3. The van der Waals surface area contributed by atoms with E-state index in [2.05, 4.69) is 15.8 Å². The lowest BCUT2D eigenvalue weighted by Gasteiger charge is -2.23. The van der Waals surface area contributed by atoms with Crippen LogP contribution in [0.3, 0.4) is 0 Å². The van der Waals surface area contributed by atoms with Crippen molar-refractivity contribution in [3.05, 3.63) is 42.0 Å². The lowest BCUT2D eigenvalue weighted by Crippen LogP contribution is -2.33. The van der Waals surface area contributed by atoms with E-state index in [1.54, 1.807) is 12.1 Å². The molecule has 0 saturated heterocycles. The van der Waals surface area contributed by atoms with E-state index in [1.165, 1.54) is 39.3 Å². The molecule has 29 heavy (non-hydrogen) atoms. The highest BCUT2D eigenvalue weighted by Crippen LogP contribution is 2.38. The Hall–Kier alpha value is -3.20. The molecule has 0 radical (unpaired) electrons. The molecular formula is C20H21N3O5S. The van der Waals surface area contributed by atoms with Gasteiger partial charge in [-0.15, -0.1) is 11.8 Å². The summed E-state index contributed by atoms with van der Waals surface area (Å²) < 4.78 is 15.8. The van der Waals surface area contributed by atoms with E-state index in [9.17, 15) is 9.59 Å². The van der Waals surface area contributed by atoms with E-state index in [1.807, 2.05) is 24.3 Å². The summed E-state index contributed by atoms with van der Waals surface area (Å²) in [4.78, 5) is 25.4. The summed E-state index contributed by atoms with van der Waals surface area (Å²) in [6, 6.07) is 10.9. The van der Waals surface area contributed by atoms with Gasteiger partial charge in [-0.25, -0.2) is 5.43 Å². The fourth-order valence-corrected chi connectivity index (χ4v) is 3.91. The van der Waals surface area contributed by atoms with Crippen molar-refractivity contribution in [2.75, 3.05) is 26.6 Å². The van der Waals surface area contributed by atoms with Gasteiger partial charge in [0.1, 0.15) is 0 Å². The summed E-state index contributed by atoms with van der Waals surface area (Å²) >= 11 is 1.37. The number of hydrogen-bond acceptors (Lipinski definition) is 7. The topological polar surface area (TPSA) is 98.2 Å². The fraction of sp³-hybridized carbons (Fsp3) is 0.250. The zero-order chi connectivity index (χ0) is 20.8. The monoisotopic (exact) mass is 415 g/mol. The number of amides is 2. The van der Waals surface area contributed by atoms with Gasteiger partial charge in [0.15, 0.2) is 11.5 Å². The van der Waals surface area contributed by atoms with Crippen molar-refractivity contribution in [2.24, 2.45) is 5.10 Å². The van der Waals surface area contributed by atoms with Crippen LogP contribution in [-0.2, 0) is 9.59 Å². The van der Waals surface area contributed by atoms with Crippen LogP contribution in [0, 0.1) is 0 Å². The largest absolute Gasteiger partial charge is 0.493 e. The van der Waals surface area contributed by atoms with Gasteiger partial charge >= 0.3 is 0 Å². The minimum Gasteiger partial charge on any atom is -0.493 e. The van der Waals surface area contributed by atoms with Gasteiger partial charge in [-0.2, -0.15) is 5.10 Å². The SMILES string of the molecule is COc1cc(/C=N\NC(=O)CC2Sc3ccccc3NC2=O)cc(OC)c1OC. The molecule has 2 N–H and O–H groups in total. The maximum atomic E-state index is 12.2. The molecule has 1 aliphatic rings. The highest BCUT2D eigenvalue weighted by atomic mass is 32.2. The second-order valence-corrected chi connectivity index (χ2v) is 7.29. The molecule has 2 aromatic rings. The Morgan fingerprint density at radius 3 is 2.52 bits per heavy atom. The van der Waals surface area contributed by atoms with Crippen LogP contribution < -0.4 is 25.0 Å². The first-order valence-corrected chi connectivity index (χ1v) is 9.62. The third kappa shape index (κ3) is 4.80. The molecule has 0 fully saturated rings. The molecule has 1 unspecified atom stereocenters. The number of hydrazone groups is 1. The number of anilines is 1. The highest BCUT2D eigenvalue weighted by molar-refractivity contribution is 8.01. The Morgan fingerprint density at radius 1 is 1.17 bits per heavy atom. The minimum atomic E-state index is -0.513. The minimum absolute atomic E-state index is 0.0113. The molecule has 2 aromatic carbocycles. The van der Waals surface area contributed by atoms with E-state index in [0.29, 0.717) is 22.8 Å². The normalized spacial score (nSPS) is 15.4. The maximum Gasteiger partial charge on any atom is 0.241 e. The van der Waals surface area contributed by atoms with Gasteiger partial charge in [-0.05, 0) is 24.3 Å². The molecule has 1 aliphatic heterocycles. The second-order valence-electron chi connectivity index (χ2n) is 6.05. The van der Waals surface area contributed by atoms with Gasteiger partial charge in [0.2, 0.25) is 17.6 Å². The number of fused-ring (bicyclic) bond motifs is 1. The summed E-state index contributed by atoms with van der Waals surface area (Å²) in [5.41, 5.74) is 3.87. The first kappa shape index (κ1) is 20.5. The fourth-order valence-electron chi connectivity index (χ4n) is 2.80. The number of thioether (sulfide) groups is 1.